The lowest BCUT2D eigenvalue weighted by Crippen LogP contribution is -2.22. The largest absolute Gasteiger partial charge is 0.453 e. The fourth-order valence-corrected chi connectivity index (χ4v) is 5.02. The van der Waals surface area contributed by atoms with Crippen LogP contribution in [0.1, 0.15) is 22.6 Å². The molecule has 0 aromatic carbocycles. The summed E-state index contributed by atoms with van der Waals surface area (Å²) in [6.07, 6.45) is -3.96. The molecule has 24 heavy (non-hydrogen) atoms. The molecule has 3 rings (SSSR count). The van der Waals surface area contributed by atoms with E-state index >= 15 is 0 Å². The molecule has 0 saturated carbocycles. The molecular formula is C11H10F3N5O2S3. The summed E-state index contributed by atoms with van der Waals surface area (Å²) in [4.78, 5) is 0.866. The van der Waals surface area contributed by atoms with E-state index < -0.39 is 22.0 Å². The van der Waals surface area contributed by atoms with Gasteiger partial charge < -0.3 is 0 Å². The van der Waals surface area contributed by atoms with E-state index in [0.717, 1.165) is 34.0 Å². The first-order chi connectivity index (χ1) is 11.2. The van der Waals surface area contributed by atoms with Crippen LogP contribution in [0.15, 0.2) is 16.3 Å². The topological polar surface area (TPSA) is 89.2 Å². The minimum Gasteiger partial charge on any atom is -0.206 e. The number of fused-ring (bicyclic) bond motifs is 1. The molecule has 0 aliphatic carbocycles. The fraction of sp³-hybridized carbons (Fsp3) is 0.364. The highest BCUT2D eigenvalue weighted by Gasteiger charge is 2.38. The molecule has 7 nitrogen and oxygen atoms in total. The molecule has 1 N–H and O–H groups in total. The number of rotatable bonds is 5. The average Bonchev–Trinajstić information content (AvgIpc) is 3.18. The first kappa shape index (κ1) is 17.3. The zero-order chi connectivity index (χ0) is 17.5. The second kappa shape index (κ2) is 6.06. The molecule has 3 aromatic heterocycles. The van der Waals surface area contributed by atoms with Crippen molar-refractivity contribution in [2.24, 2.45) is 0 Å². The third kappa shape index (κ3) is 3.29. The number of hydrogen-bond acceptors (Lipinski definition) is 7. The van der Waals surface area contributed by atoms with Crippen molar-refractivity contribution in [1.82, 2.24) is 24.5 Å². The smallest absolute Gasteiger partial charge is 0.206 e. The highest BCUT2D eigenvalue weighted by Crippen LogP contribution is 2.29. The van der Waals surface area contributed by atoms with Gasteiger partial charge in [0.2, 0.25) is 15.0 Å². The highest BCUT2D eigenvalue weighted by molar-refractivity contribution is 7.91. The lowest BCUT2D eigenvalue weighted by atomic mass is 10.4. The van der Waals surface area contributed by atoms with Gasteiger partial charge >= 0.3 is 6.18 Å². The van der Waals surface area contributed by atoms with Crippen molar-refractivity contribution in [3.63, 3.8) is 0 Å². The standard InChI is InChI=1S/C11H10F3N5O2S3/c1-2-6-3-4-8(22-6)24(20,21)15-5-7-18-19-9(11(12,13)14)16-17-10(19)23-7/h3-4,15H,2,5H2,1H3. The van der Waals surface area contributed by atoms with Crippen molar-refractivity contribution in [2.45, 2.75) is 30.3 Å². The van der Waals surface area contributed by atoms with E-state index in [4.69, 9.17) is 0 Å². The van der Waals surface area contributed by atoms with Gasteiger partial charge in [0.15, 0.2) is 0 Å². The molecule has 0 radical (unpaired) electrons. The second-order valence-corrected chi connectivity index (χ2v) is 8.81. The molecule has 0 fully saturated rings. The van der Waals surface area contributed by atoms with Gasteiger partial charge in [-0.25, -0.2) is 13.1 Å². The number of thiophene rings is 1. The number of hydrogen-bond donors (Lipinski definition) is 1. The lowest BCUT2D eigenvalue weighted by Gasteiger charge is -2.02. The summed E-state index contributed by atoms with van der Waals surface area (Å²) in [5, 5.41) is 10.3. The Balaban J connectivity index is 1.79. The highest BCUT2D eigenvalue weighted by atomic mass is 32.2. The Morgan fingerprint density at radius 2 is 2.00 bits per heavy atom. The molecule has 0 saturated heterocycles. The predicted molar refractivity (Wildman–Crippen MR) is 81.4 cm³/mol. The van der Waals surface area contributed by atoms with Crippen molar-refractivity contribution in [2.75, 3.05) is 0 Å². The van der Waals surface area contributed by atoms with Crippen LogP contribution < -0.4 is 4.72 Å². The normalized spacial score (nSPS) is 13.0. The first-order valence-electron chi connectivity index (χ1n) is 6.57. The SMILES string of the molecule is CCc1ccc(S(=O)(=O)NCc2nn3c(C(F)(F)F)nnc3s2)s1. The maximum Gasteiger partial charge on any atom is 0.453 e. The number of halogens is 3. The summed E-state index contributed by atoms with van der Waals surface area (Å²) in [5.74, 6) is -1.24. The zero-order valence-electron chi connectivity index (χ0n) is 12.0. The fourth-order valence-electron chi connectivity index (χ4n) is 1.83. The van der Waals surface area contributed by atoms with Gasteiger partial charge in [0.1, 0.15) is 9.22 Å². The summed E-state index contributed by atoms with van der Waals surface area (Å²) in [6.45, 7) is 1.68. The van der Waals surface area contributed by atoms with Crippen LogP contribution >= 0.6 is 22.7 Å². The van der Waals surface area contributed by atoms with Gasteiger partial charge in [-0.15, -0.1) is 21.5 Å². The maximum absolute atomic E-state index is 12.7. The Hall–Kier alpha value is -1.57. The Morgan fingerprint density at radius 3 is 2.62 bits per heavy atom. The zero-order valence-corrected chi connectivity index (χ0v) is 14.5. The Bertz CT molecular complexity index is 973. The Kier molecular flexibility index (Phi) is 4.36. The molecule has 0 spiro atoms. The van der Waals surface area contributed by atoms with Crippen LogP contribution in [0.4, 0.5) is 13.2 Å². The molecule has 130 valence electrons. The molecule has 0 bridgehead atoms. The van der Waals surface area contributed by atoms with Crippen molar-refractivity contribution < 1.29 is 21.6 Å². The molecule has 3 aromatic rings. The van der Waals surface area contributed by atoms with Gasteiger partial charge in [0.05, 0.1) is 6.54 Å². The number of sulfonamides is 1. The molecule has 13 heteroatoms. The number of nitrogens with zero attached hydrogens (tertiary/aromatic N) is 4. The molecule has 0 amide bonds. The van der Waals surface area contributed by atoms with Gasteiger partial charge in [0.25, 0.3) is 5.82 Å². The van der Waals surface area contributed by atoms with E-state index in [1.807, 2.05) is 6.92 Å². The Labute approximate surface area is 142 Å². The van der Waals surface area contributed by atoms with Gasteiger partial charge in [-0.05, 0) is 18.6 Å². The van der Waals surface area contributed by atoms with E-state index in [1.54, 1.807) is 6.07 Å². The van der Waals surface area contributed by atoms with Gasteiger partial charge in [-0.3, -0.25) is 0 Å². The van der Waals surface area contributed by atoms with Gasteiger partial charge in [0, 0.05) is 4.88 Å². The maximum atomic E-state index is 12.7. The first-order valence-corrected chi connectivity index (χ1v) is 9.69. The number of alkyl halides is 3. The number of nitrogens with one attached hydrogen (secondary N) is 1. The van der Waals surface area contributed by atoms with Crippen LogP contribution in [0.2, 0.25) is 0 Å². The van der Waals surface area contributed by atoms with E-state index in [0.29, 0.717) is 4.52 Å². The summed E-state index contributed by atoms with van der Waals surface area (Å²) in [7, 11) is -3.74. The Morgan fingerprint density at radius 1 is 1.25 bits per heavy atom. The van der Waals surface area contributed by atoms with Gasteiger partial charge in [-0.1, -0.05) is 18.3 Å². The quantitative estimate of drug-likeness (QED) is 0.714. The minimum absolute atomic E-state index is 0.0547. The van der Waals surface area contributed by atoms with Crippen molar-refractivity contribution in [1.29, 1.82) is 0 Å². The molecular weight excluding hydrogens is 387 g/mol. The van der Waals surface area contributed by atoms with Crippen molar-refractivity contribution >= 4 is 37.7 Å². The second-order valence-electron chi connectivity index (χ2n) is 4.61. The summed E-state index contributed by atoms with van der Waals surface area (Å²) >= 11 is 1.98. The van der Waals surface area contributed by atoms with E-state index in [1.165, 1.54) is 6.07 Å². The van der Waals surface area contributed by atoms with Crippen LogP contribution in [0.25, 0.3) is 4.96 Å². The molecule has 0 aliphatic heterocycles. The van der Waals surface area contributed by atoms with Crippen LogP contribution in [0.3, 0.4) is 0 Å². The molecule has 0 aliphatic rings. The monoisotopic (exact) mass is 397 g/mol. The summed E-state index contributed by atoms with van der Waals surface area (Å²) < 4.78 is 65.6. The van der Waals surface area contributed by atoms with Gasteiger partial charge in [-0.2, -0.15) is 22.8 Å². The molecule has 0 atom stereocenters. The average molecular weight is 397 g/mol. The van der Waals surface area contributed by atoms with Crippen LogP contribution in [0, 0.1) is 0 Å². The molecule has 0 unspecified atom stereocenters. The summed E-state index contributed by atoms with van der Waals surface area (Å²) in [5.41, 5.74) is 0. The van der Waals surface area contributed by atoms with Crippen LogP contribution in [-0.2, 0) is 29.2 Å². The molecule has 3 heterocycles. The summed E-state index contributed by atoms with van der Waals surface area (Å²) in [6, 6.07) is 3.21. The van der Waals surface area contributed by atoms with E-state index in [-0.39, 0.29) is 20.7 Å². The number of aromatic nitrogens is 4. The lowest BCUT2D eigenvalue weighted by molar-refractivity contribution is -0.146. The van der Waals surface area contributed by atoms with Crippen LogP contribution in [-0.4, -0.2) is 28.2 Å². The third-order valence-electron chi connectivity index (χ3n) is 2.95. The predicted octanol–water partition coefficient (Wildman–Crippen LogP) is 2.31. The minimum atomic E-state index is -4.68. The number of aryl methyl sites for hydroxylation is 1. The van der Waals surface area contributed by atoms with E-state index in [9.17, 15) is 21.6 Å². The van der Waals surface area contributed by atoms with Crippen molar-refractivity contribution in [3.8, 4) is 0 Å². The van der Waals surface area contributed by atoms with E-state index in [2.05, 4.69) is 20.0 Å². The third-order valence-corrected chi connectivity index (χ3v) is 6.97. The van der Waals surface area contributed by atoms with Crippen LogP contribution in [0.5, 0.6) is 0 Å². The van der Waals surface area contributed by atoms with Crippen molar-refractivity contribution in [3.05, 3.63) is 27.8 Å².